The van der Waals surface area contributed by atoms with E-state index in [1.807, 2.05) is 35.2 Å². The molecule has 0 aromatic heterocycles. The lowest BCUT2D eigenvalue weighted by molar-refractivity contribution is -0.134. The largest absolute Gasteiger partial charge is 0.465 e. The van der Waals surface area contributed by atoms with E-state index in [9.17, 15) is 9.59 Å². The number of hydrogen-bond donors (Lipinski definition) is 1. The molecule has 6 nitrogen and oxygen atoms in total. The maximum atomic E-state index is 12.8. The molecule has 2 aliphatic heterocycles. The van der Waals surface area contributed by atoms with Crippen LogP contribution in [0.25, 0.3) is 0 Å². The second-order valence-electron chi connectivity index (χ2n) is 5.78. The summed E-state index contributed by atoms with van der Waals surface area (Å²) < 4.78 is 0. The van der Waals surface area contributed by atoms with Gasteiger partial charge in [-0.15, -0.1) is 0 Å². The van der Waals surface area contributed by atoms with E-state index < -0.39 is 6.09 Å². The van der Waals surface area contributed by atoms with Gasteiger partial charge in [0.15, 0.2) is 0 Å². The van der Waals surface area contributed by atoms with E-state index >= 15 is 0 Å². The molecular weight excluding hydrogens is 282 g/mol. The van der Waals surface area contributed by atoms with E-state index in [2.05, 4.69) is 4.90 Å². The van der Waals surface area contributed by atoms with Crippen LogP contribution in [0.5, 0.6) is 0 Å². The van der Waals surface area contributed by atoms with Crippen LogP contribution in [0.1, 0.15) is 12.8 Å². The lowest BCUT2D eigenvalue weighted by Crippen LogP contribution is -2.54. The van der Waals surface area contributed by atoms with Crippen molar-refractivity contribution in [3.63, 3.8) is 0 Å². The minimum absolute atomic E-state index is 0.112. The van der Waals surface area contributed by atoms with E-state index in [1.165, 1.54) is 4.90 Å². The van der Waals surface area contributed by atoms with Gasteiger partial charge in [-0.05, 0) is 25.0 Å². The Balaban J connectivity index is 1.66. The molecule has 1 aromatic rings. The first-order valence-corrected chi connectivity index (χ1v) is 7.75. The van der Waals surface area contributed by atoms with Crippen molar-refractivity contribution in [2.75, 3.05) is 37.6 Å². The standard InChI is InChI=1S/C16H21N3O3/c20-15(17-9-11-18(12-10-17)16(21)22)14-7-4-8-19(14)13-5-2-1-3-6-13/h1-3,5-6,14H,4,7-12H2,(H,21,22). The van der Waals surface area contributed by atoms with E-state index in [4.69, 9.17) is 5.11 Å². The van der Waals surface area contributed by atoms with Crippen LogP contribution in [-0.2, 0) is 4.79 Å². The van der Waals surface area contributed by atoms with Gasteiger partial charge in [0, 0.05) is 38.4 Å². The van der Waals surface area contributed by atoms with Crippen molar-refractivity contribution in [1.29, 1.82) is 0 Å². The highest BCUT2D eigenvalue weighted by molar-refractivity contribution is 5.86. The van der Waals surface area contributed by atoms with E-state index in [0.717, 1.165) is 25.1 Å². The smallest absolute Gasteiger partial charge is 0.407 e. The molecule has 0 radical (unpaired) electrons. The predicted octanol–water partition coefficient (Wildman–Crippen LogP) is 1.48. The molecule has 0 spiro atoms. The Bertz CT molecular complexity index is 541. The first-order valence-electron chi connectivity index (χ1n) is 7.75. The topological polar surface area (TPSA) is 64.1 Å². The number of anilines is 1. The summed E-state index contributed by atoms with van der Waals surface area (Å²) in [5.74, 6) is 0.131. The average Bonchev–Trinajstić information content (AvgIpc) is 3.04. The van der Waals surface area contributed by atoms with Crippen molar-refractivity contribution < 1.29 is 14.7 Å². The fourth-order valence-corrected chi connectivity index (χ4v) is 3.28. The van der Waals surface area contributed by atoms with Gasteiger partial charge in [0.2, 0.25) is 5.91 Å². The molecule has 0 aliphatic carbocycles. The van der Waals surface area contributed by atoms with Crippen molar-refractivity contribution in [3.05, 3.63) is 30.3 Å². The Hall–Kier alpha value is -2.24. The number of carbonyl (C=O) groups excluding carboxylic acids is 1. The number of benzene rings is 1. The van der Waals surface area contributed by atoms with E-state index in [1.54, 1.807) is 0 Å². The molecular formula is C16H21N3O3. The molecule has 2 fully saturated rings. The van der Waals surface area contributed by atoms with Crippen LogP contribution >= 0.6 is 0 Å². The molecule has 6 heteroatoms. The molecule has 1 atom stereocenters. The first-order chi connectivity index (χ1) is 10.7. The summed E-state index contributed by atoms with van der Waals surface area (Å²) in [5, 5.41) is 8.98. The number of carbonyl (C=O) groups is 2. The fourth-order valence-electron chi connectivity index (χ4n) is 3.28. The van der Waals surface area contributed by atoms with Gasteiger partial charge in [-0.3, -0.25) is 4.79 Å². The summed E-state index contributed by atoms with van der Waals surface area (Å²) in [5.41, 5.74) is 1.09. The number of piperazine rings is 1. The molecule has 2 saturated heterocycles. The third-order valence-electron chi connectivity index (χ3n) is 4.49. The number of nitrogens with zero attached hydrogens (tertiary/aromatic N) is 3. The van der Waals surface area contributed by atoms with Crippen LogP contribution in [0.3, 0.4) is 0 Å². The van der Waals surface area contributed by atoms with Gasteiger partial charge in [-0.2, -0.15) is 0 Å². The number of carboxylic acid groups (broad SMARTS) is 1. The molecule has 1 aromatic carbocycles. The van der Waals surface area contributed by atoms with Gasteiger partial charge in [0.05, 0.1) is 0 Å². The Labute approximate surface area is 129 Å². The van der Waals surface area contributed by atoms with Gasteiger partial charge in [-0.25, -0.2) is 4.79 Å². The Kier molecular flexibility index (Phi) is 4.18. The first kappa shape index (κ1) is 14.7. The van der Waals surface area contributed by atoms with Crippen molar-refractivity contribution in [1.82, 2.24) is 9.80 Å². The molecule has 2 amide bonds. The van der Waals surface area contributed by atoms with Gasteiger partial charge in [0.25, 0.3) is 0 Å². The number of rotatable bonds is 2. The van der Waals surface area contributed by atoms with Gasteiger partial charge >= 0.3 is 6.09 Å². The van der Waals surface area contributed by atoms with Crippen molar-refractivity contribution in [2.45, 2.75) is 18.9 Å². The summed E-state index contributed by atoms with van der Waals surface area (Å²) in [4.78, 5) is 29.1. The maximum absolute atomic E-state index is 12.8. The fraction of sp³-hybridized carbons (Fsp3) is 0.500. The minimum Gasteiger partial charge on any atom is -0.465 e. The van der Waals surface area contributed by atoms with Crippen LogP contribution in [0.2, 0.25) is 0 Å². The summed E-state index contributed by atoms with van der Waals surface area (Å²) in [6.45, 7) is 2.68. The average molecular weight is 303 g/mol. The third kappa shape index (κ3) is 2.86. The zero-order chi connectivity index (χ0) is 15.5. The molecule has 118 valence electrons. The SMILES string of the molecule is O=C(O)N1CCN(C(=O)C2CCCN2c2ccccc2)CC1. The highest BCUT2D eigenvalue weighted by atomic mass is 16.4. The molecule has 1 unspecified atom stereocenters. The zero-order valence-electron chi connectivity index (χ0n) is 12.5. The molecule has 2 heterocycles. The van der Waals surface area contributed by atoms with Crippen molar-refractivity contribution in [2.24, 2.45) is 0 Å². The van der Waals surface area contributed by atoms with Gasteiger partial charge in [0.1, 0.15) is 6.04 Å². The molecule has 2 aliphatic rings. The second-order valence-corrected chi connectivity index (χ2v) is 5.78. The van der Waals surface area contributed by atoms with E-state index in [-0.39, 0.29) is 11.9 Å². The van der Waals surface area contributed by atoms with Crippen LogP contribution in [0.4, 0.5) is 10.5 Å². The quantitative estimate of drug-likeness (QED) is 0.899. The highest BCUT2D eigenvalue weighted by Crippen LogP contribution is 2.26. The summed E-state index contributed by atoms with van der Waals surface area (Å²) >= 11 is 0. The van der Waals surface area contributed by atoms with Crippen molar-refractivity contribution >= 4 is 17.7 Å². The van der Waals surface area contributed by atoms with E-state index in [0.29, 0.717) is 26.2 Å². The predicted molar refractivity (Wildman–Crippen MR) is 83.0 cm³/mol. The molecule has 22 heavy (non-hydrogen) atoms. The molecule has 3 rings (SSSR count). The van der Waals surface area contributed by atoms with Gasteiger partial charge in [-0.1, -0.05) is 18.2 Å². The third-order valence-corrected chi connectivity index (χ3v) is 4.49. The summed E-state index contributed by atoms with van der Waals surface area (Å²) in [6.07, 6.45) is 0.978. The monoisotopic (exact) mass is 303 g/mol. The normalized spacial score (nSPS) is 22.0. The van der Waals surface area contributed by atoms with Crippen LogP contribution < -0.4 is 4.90 Å². The number of para-hydroxylation sites is 1. The van der Waals surface area contributed by atoms with Crippen LogP contribution in [-0.4, -0.2) is 65.7 Å². The molecule has 0 bridgehead atoms. The lowest BCUT2D eigenvalue weighted by Gasteiger charge is -2.36. The summed E-state index contributed by atoms with van der Waals surface area (Å²) in [6, 6.07) is 9.91. The van der Waals surface area contributed by atoms with Crippen LogP contribution in [0, 0.1) is 0 Å². The molecule has 0 saturated carbocycles. The molecule has 1 N–H and O–H groups in total. The number of hydrogen-bond acceptors (Lipinski definition) is 3. The Morgan fingerprint density at radius 3 is 2.23 bits per heavy atom. The summed E-state index contributed by atoms with van der Waals surface area (Å²) in [7, 11) is 0. The van der Waals surface area contributed by atoms with Crippen LogP contribution in [0.15, 0.2) is 30.3 Å². The Morgan fingerprint density at radius 2 is 1.59 bits per heavy atom. The van der Waals surface area contributed by atoms with Gasteiger partial charge < -0.3 is 19.8 Å². The Morgan fingerprint density at radius 1 is 0.955 bits per heavy atom. The second kappa shape index (κ2) is 6.25. The van der Waals surface area contributed by atoms with Crippen molar-refractivity contribution in [3.8, 4) is 0 Å². The maximum Gasteiger partial charge on any atom is 0.407 e. The zero-order valence-corrected chi connectivity index (χ0v) is 12.5. The minimum atomic E-state index is -0.904. The lowest BCUT2D eigenvalue weighted by atomic mass is 10.1. The highest BCUT2D eigenvalue weighted by Gasteiger charge is 2.35. The number of amides is 2.